The van der Waals surface area contributed by atoms with Crippen molar-refractivity contribution in [3.63, 3.8) is 0 Å². The van der Waals surface area contributed by atoms with Gasteiger partial charge in [-0.1, -0.05) is 42.8 Å². The molecule has 0 spiro atoms. The van der Waals surface area contributed by atoms with Crippen molar-refractivity contribution in [2.24, 2.45) is 0 Å². The number of halogens is 2. The van der Waals surface area contributed by atoms with E-state index in [1.54, 1.807) is 12.1 Å². The quantitative estimate of drug-likeness (QED) is 0.846. The largest absolute Gasteiger partial charge is 0.325 e. The van der Waals surface area contributed by atoms with E-state index < -0.39 is 33.1 Å². The van der Waals surface area contributed by atoms with Crippen LogP contribution in [-0.4, -0.2) is 20.1 Å². The maximum Gasteiger partial charge on any atom is 0.239 e. The fourth-order valence-corrected chi connectivity index (χ4v) is 3.89. The van der Waals surface area contributed by atoms with E-state index in [4.69, 9.17) is 11.6 Å². The number of anilines is 1. The third-order valence-electron chi connectivity index (χ3n) is 3.45. The third-order valence-corrected chi connectivity index (χ3v) is 5.23. The Morgan fingerprint density at radius 3 is 2.54 bits per heavy atom. The summed E-state index contributed by atoms with van der Waals surface area (Å²) >= 11 is 5.84. The van der Waals surface area contributed by atoms with Gasteiger partial charge >= 0.3 is 0 Å². The first-order valence-corrected chi connectivity index (χ1v) is 9.53. The molecule has 2 aromatic rings. The molecule has 1 N–H and O–H groups in total. The molecule has 0 radical (unpaired) electrons. The molecule has 4 nitrogen and oxygen atoms in total. The molecule has 128 valence electrons. The molecule has 0 aliphatic heterocycles. The zero-order valence-electron chi connectivity index (χ0n) is 13.1. The summed E-state index contributed by atoms with van der Waals surface area (Å²) in [6, 6.07) is 11.1. The Morgan fingerprint density at radius 1 is 1.17 bits per heavy atom. The Bertz CT molecular complexity index is 832. The Balaban J connectivity index is 2.10. The van der Waals surface area contributed by atoms with Crippen molar-refractivity contribution >= 4 is 33.0 Å². The first kappa shape index (κ1) is 18.4. The van der Waals surface area contributed by atoms with Gasteiger partial charge in [-0.3, -0.25) is 4.79 Å². The summed E-state index contributed by atoms with van der Waals surface area (Å²) in [5.74, 6) is -2.73. The number of aryl methyl sites for hydroxylation is 1. The lowest BCUT2D eigenvalue weighted by Crippen LogP contribution is -2.24. The lowest BCUT2D eigenvalue weighted by molar-refractivity contribution is -0.113. The molecular weight excluding hydrogens is 353 g/mol. The number of hydrogen-bond acceptors (Lipinski definition) is 3. The molecule has 0 aromatic heterocycles. The van der Waals surface area contributed by atoms with Crippen LogP contribution in [0, 0.1) is 5.82 Å². The van der Waals surface area contributed by atoms with E-state index in [1.165, 1.54) is 12.1 Å². The first-order valence-electron chi connectivity index (χ1n) is 7.33. The fraction of sp³-hybridized carbons (Fsp3) is 0.235. The Morgan fingerprint density at radius 2 is 1.88 bits per heavy atom. The molecule has 7 heteroatoms. The van der Waals surface area contributed by atoms with Crippen molar-refractivity contribution < 1.29 is 17.6 Å². The average Bonchev–Trinajstić information content (AvgIpc) is 2.51. The highest BCUT2D eigenvalue weighted by Gasteiger charge is 2.21. The van der Waals surface area contributed by atoms with Gasteiger partial charge in [0.15, 0.2) is 9.84 Å². The van der Waals surface area contributed by atoms with Crippen LogP contribution in [0.1, 0.15) is 18.1 Å². The maximum atomic E-state index is 13.7. The van der Waals surface area contributed by atoms with Crippen LogP contribution in [0.2, 0.25) is 5.02 Å². The van der Waals surface area contributed by atoms with Crippen LogP contribution in [0.5, 0.6) is 0 Å². The highest BCUT2D eigenvalue weighted by Crippen LogP contribution is 2.22. The van der Waals surface area contributed by atoms with E-state index in [2.05, 4.69) is 5.32 Å². The smallest absolute Gasteiger partial charge is 0.239 e. The summed E-state index contributed by atoms with van der Waals surface area (Å²) in [6.07, 6.45) is 0.702. The van der Waals surface area contributed by atoms with Gasteiger partial charge in [0.2, 0.25) is 5.91 Å². The number of nitrogens with one attached hydrogen (secondary N) is 1. The number of sulfone groups is 1. The van der Waals surface area contributed by atoms with Crippen LogP contribution in [0.3, 0.4) is 0 Å². The highest BCUT2D eigenvalue weighted by atomic mass is 35.5. The number of hydrogen-bond donors (Lipinski definition) is 1. The van der Waals surface area contributed by atoms with Gasteiger partial charge in [0.05, 0.1) is 5.75 Å². The number of carbonyl (C=O) groups excluding carboxylic acids is 1. The van der Waals surface area contributed by atoms with E-state index >= 15 is 0 Å². The summed E-state index contributed by atoms with van der Waals surface area (Å²) < 4.78 is 38.1. The molecule has 0 heterocycles. The van der Waals surface area contributed by atoms with E-state index in [1.807, 2.05) is 19.1 Å². The summed E-state index contributed by atoms with van der Waals surface area (Å²) in [6.45, 7) is 1.93. The molecule has 0 saturated heterocycles. The minimum absolute atomic E-state index is 0.0234. The molecule has 0 aliphatic rings. The molecule has 0 saturated carbocycles. The van der Waals surface area contributed by atoms with E-state index in [0.717, 1.165) is 11.6 Å². The molecule has 24 heavy (non-hydrogen) atoms. The van der Waals surface area contributed by atoms with Crippen LogP contribution in [-0.2, 0) is 26.8 Å². The molecule has 1 amide bonds. The molecule has 2 aromatic carbocycles. The van der Waals surface area contributed by atoms with Gasteiger partial charge in [0.1, 0.15) is 11.6 Å². The number of benzene rings is 2. The van der Waals surface area contributed by atoms with E-state index in [0.29, 0.717) is 12.1 Å². The predicted octanol–water partition coefficient (Wildman–Crippen LogP) is 3.60. The van der Waals surface area contributed by atoms with Gasteiger partial charge in [-0.05, 0) is 30.2 Å². The van der Waals surface area contributed by atoms with Crippen molar-refractivity contribution in [2.45, 2.75) is 19.1 Å². The van der Waals surface area contributed by atoms with E-state index in [9.17, 15) is 17.6 Å². The van der Waals surface area contributed by atoms with E-state index in [-0.39, 0.29) is 10.6 Å². The summed E-state index contributed by atoms with van der Waals surface area (Å²) in [4.78, 5) is 12.0. The summed E-state index contributed by atoms with van der Waals surface area (Å²) in [5, 5.41) is 2.61. The predicted molar refractivity (Wildman–Crippen MR) is 93.4 cm³/mol. The Kier molecular flexibility index (Phi) is 5.96. The zero-order valence-corrected chi connectivity index (χ0v) is 14.6. The van der Waals surface area contributed by atoms with Gasteiger partial charge in [-0.15, -0.1) is 0 Å². The van der Waals surface area contributed by atoms with Crippen LogP contribution in [0.4, 0.5) is 10.1 Å². The van der Waals surface area contributed by atoms with Gasteiger partial charge in [-0.25, -0.2) is 12.8 Å². The van der Waals surface area contributed by atoms with Crippen molar-refractivity contribution in [3.05, 3.63) is 64.4 Å². The molecule has 2 rings (SSSR count). The highest BCUT2D eigenvalue weighted by molar-refractivity contribution is 7.91. The van der Waals surface area contributed by atoms with Crippen molar-refractivity contribution in [3.8, 4) is 0 Å². The Hall–Kier alpha value is -1.92. The van der Waals surface area contributed by atoms with Crippen molar-refractivity contribution in [1.82, 2.24) is 0 Å². The monoisotopic (exact) mass is 369 g/mol. The van der Waals surface area contributed by atoms with Gasteiger partial charge in [0.25, 0.3) is 0 Å². The lowest BCUT2D eigenvalue weighted by Gasteiger charge is -2.11. The SMILES string of the molecule is CCc1ccccc1NC(=O)CS(=O)(=O)Cc1c(F)cccc1Cl. The van der Waals surface area contributed by atoms with Crippen LogP contribution in [0.15, 0.2) is 42.5 Å². The lowest BCUT2D eigenvalue weighted by atomic mass is 10.1. The average molecular weight is 370 g/mol. The number of rotatable bonds is 6. The number of carbonyl (C=O) groups is 1. The van der Waals surface area contributed by atoms with Crippen LogP contribution >= 0.6 is 11.6 Å². The molecular formula is C17H17ClFNO3S. The zero-order chi connectivity index (χ0) is 17.7. The van der Waals surface area contributed by atoms with Gasteiger partial charge in [-0.2, -0.15) is 0 Å². The molecule has 0 atom stereocenters. The standard InChI is InChI=1S/C17H17ClFNO3S/c1-2-12-6-3-4-9-16(12)20-17(21)11-24(22,23)10-13-14(18)7-5-8-15(13)19/h3-9H,2,10-11H2,1H3,(H,20,21). The second-order valence-corrected chi connectivity index (χ2v) is 7.76. The van der Waals surface area contributed by atoms with Crippen LogP contribution < -0.4 is 5.32 Å². The summed E-state index contributed by atoms with van der Waals surface area (Å²) in [5.41, 5.74) is 1.35. The minimum atomic E-state index is -3.86. The third kappa shape index (κ3) is 4.79. The first-order chi connectivity index (χ1) is 11.3. The Labute approximate surface area is 145 Å². The molecule has 0 bridgehead atoms. The van der Waals surface area contributed by atoms with Gasteiger partial charge < -0.3 is 5.32 Å². The molecule has 0 aliphatic carbocycles. The van der Waals surface area contributed by atoms with Gasteiger partial charge in [0, 0.05) is 16.3 Å². The normalized spacial score (nSPS) is 11.3. The van der Waals surface area contributed by atoms with Crippen molar-refractivity contribution in [1.29, 1.82) is 0 Å². The van der Waals surface area contributed by atoms with Crippen molar-refractivity contribution in [2.75, 3.05) is 11.1 Å². The second-order valence-electron chi connectivity index (χ2n) is 5.29. The topological polar surface area (TPSA) is 63.2 Å². The summed E-state index contributed by atoms with van der Waals surface area (Å²) in [7, 11) is -3.86. The second kappa shape index (κ2) is 7.77. The molecule has 0 unspecified atom stereocenters. The minimum Gasteiger partial charge on any atom is -0.325 e. The fourth-order valence-electron chi connectivity index (χ4n) is 2.28. The number of amides is 1. The van der Waals surface area contributed by atoms with Crippen LogP contribution in [0.25, 0.3) is 0 Å². The molecule has 0 fully saturated rings. The number of para-hydroxylation sites is 1. The maximum absolute atomic E-state index is 13.7.